The molecule has 1 fully saturated rings. The van der Waals surface area contributed by atoms with Crippen molar-refractivity contribution in [3.8, 4) is 11.8 Å². The number of nitrogens with zero attached hydrogens (tertiary/aromatic N) is 2. The Labute approximate surface area is 113 Å². The van der Waals surface area contributed by atoms with Gasteiger partial charge in [-0.2, -0.15) is 5.26 Å². The van der Waals surface area contributed by atoms with Crippen LogP contribution in [-0.2, 0) is 0 Å². The molecular weight excluding hydrogens is 248 g/mol. The maximum Gasteiger partial charge on any atom is 0.120 e. The van der Waals surface area contributed by atoms with E-state index >= 15 is 0 Å². The van der Waals surface area contributed by atoms with E-state index in [2.05, 4.69) is 11.0 Å². The number of likely N-dealkylation sites (tertiary alicyclic amines) is 1. The van der Waals surface area contributed by atoms with Crippen molar-refractivity contribution in [1.29, 1.82) is 5.26 Å². The third kappa shape index (κ3) is 3.63. The Balaban J connectivity index is 1.91. The van der Waals surface area contributed by atoms with Crippen LogP contribution < -0.4 is 4.74 Å². The minimum atomic E-state index is 0.191. The van der Waals surface area contributed by atoms with E-state index in [9.17, 15) is 0 Å². The van der Waals surface area contributed by atoms with Gasteiger partial charge in [0.1, 0.15) is 12.4 Å². The fourth-order valence-electron chi connectivity index (χ4n) is 2.25. The third-order valence-electron chi connectivity index (χ3n) is 3.22. The van der Waals surface area contributed by atoms with Gasteiger partial charge in [0.15, 0.2) is 0 Å². The van der Waals surface area contributed by atoms with Crippen LogP contribution in [0.25, 0.3) is 0 Å². The summed E-state index contributed by atoms with van der Waals surface area (Å²) in [5, 5.41) is 9.56. The molecule has 0 aromatic heterocycles. The molecule has 0 N–H and O–H groups in total. The van der Waals surface area contributed by atoms with Crippen LogP contribution in [0, 0.1) is 11.3 Å². The Bertz CT molecular complexity index is 424. The number of benzene rings is 1. The Morgan fingerprint density at radius 1 is 1.39 bits per heavy atom. The molecule has 18 heavy (non-hydrogen) atoms. The van der Waals surface area contributed by atoms with Crippen molar-refractivity contribution >= 4 is 11.6 Å². The predicted octanol–water partition coefficient (Wildman–Crippen LogP) is 3.10. The molecule has 1 unspecified atom stereocenters. The van der Waals surface area contributed by atoms with Crippen LogP contribution in [0.2, 0.25) is 5.02 Å². The topological polar surface area (TPSA) is 36.3 Å². The van der Waals surface area contributed by atoms with Gasteiger partial charge in [0.05, 0.1) is 18.5 Å². The average molecular weight is 265 g/mol. The largest absolute Gasteiger partial charge is 0.492 e. The van der Waals surface area contributed by atoms with Crippen molar-refractivity contribution in [3.63, 3.8) is 0 Å². The molecule has 1 saturated heterocycles. The standard InChI is InChI=1S/C14H17ClN2O/c15-12-4-3-5-14(10-12)18-11-13(6-7-16)17-8-1-2-9-17/h3-5,10,13H,1-2,6,8-9,11H2. The van der Waals surface area contributed by atoms with Crippen LogP contribution in [-0.4, -0.2) is 30.6 Å². The summed E-state index contributed by atoms with van der Waals surface area (Å²) in [6.07, 6.45) is 2.96. The molecule has 1 atom stereocenters. The molecule has 1 heterocycles. The first-order valence-corrected chi connectivity index (χ1v) is 6.67. The summed E-state index contributed by atoms with van der Waals surface area (Å²) in [7, 11) is 0. The Morgan fingerprint density at radius 2 is 2.17 bits per heavy atom. The molecule has 1 aromatic carbocycles. The quantitative estimate of drug-likeness (QED) is 0.820. The zero-order chi connectivity index (χ0) is 12.8. The smallest absolute Gasteiger partial charge is 0.120 e. The van der Waals surface area contributed by atoms with Crippen LogP contribution in [0.3, 0.4) is 0 Å². The summed E-state index contributed by atoms with van der Waals surface area (Å²) in [4.78, 5) is 2.34. The zero-order valence-corrected chi connectivity index (χ0v) is 11.1. The molecule has 0 radical (unpaired) electrons. The van der Waals surface area contributed by atoms with Gasteiger partial charge in [0.2, 0.25) is 0 Å². The number of hydrogen-bond donors (Lipinski definition) is 0. The fourth-order valence-corrected chi connectivity index (χ4v) is 2.44. The van der Waals surface area contributed by atoms with Gasteiger partial charge in [-0.3, -0.25) is 4.90 Å². The van der Waals surface area contributed by atoms with Crippen LogP contribution in [0.1, 0.15) is 19.3 Å². The van der Waals surface area contributed by atoms with Crippen LogP contribution in [0.4, 0.5) is 0 Å². The Kier molecular flexibility index (Phi) is 4.86. The lowest BCUT2D eigenvalue weighted by Gasteiger charge is -2.25. The van der Waals surface area contributed by atoms with Crippen molar-refractivity contribution in [2.75, 3.05) is 19.7 Å². The first-order valence-electron chi connectivity index (χ1n) is 6.29. The highest BCUT2D eigenvalue weighted by molar-refractivity contribution is 6.30. The lowest BCUT2D eigenvalue weighted by Crippen LogP contribution is -2.37. The van der Waals surface area contributed by atoms with E-state index in [0.29, 0.717) is 18.1 Å². The van der Waals surface area contributed by atoms with Gasteiger partial charge in [-0.15, -0.1) is 0 Å². The van der Waals surface area contributed by atoms with Crippen molar-refractivity contribution < 1.29 is 4.74 Å². The molecule has 2 rings (SSSR count). The summed E-state index contributed by atoms with van der Waals surface area (Å²) in [6.45, 7) is 2.70. The highest BCUT2D eigenvalue weighted by Crippen LogP contribution is 2.19. The van der Waals surface area contributed by atoms with Crippen LogP contribution >= 0.6 is 11.6 Å². The second kappa shape index (κ2) is 6.63. The summed E-state index contributed by atoms with van der Waals surface area (Å²) >= 11 is 5.91. The maximum atomic E-state index is 8.88. The minimum Gasteiger partial charge on any atom is -0.492 e. The van der Waals surface area contributed by atoms with Crippen molar-refractivity contribution in [3.05, 3.63) is 29.3 Å². The maximum absolute atomic E-state index is 8.88. The molecule has 1 aliphatic rings. The van der Waals surface area contributed by atoms with E-state index in [1.54, 1.807) is 6.07 Å². The van der Waals surface area contributed by atoms with E-state index in [1.165, 1.54) is 12.8 Å². The van der Waals surface area contributed by atoms with Crippen molar-refractivity contribution in [2.45, 2.75) is 25.3 Å². The normalized spacial score (nSPS) is 17.3. The van der Waals surface area contributed by atoms with Gasteiger partial charge in [-0.1, -0.05) is 17.7 Å². The second-order valence-corrected chi connectivity index (χ2v) is 4.96. The monoisotopic (exact) mass is 264 g/mol. The van der Waals surface area contributed by atoms with Gasteiger partial charge in [-0.05, 0) is 44.1 Å². The first-order chi connectivity index (χ1) is 8.79. The highest BCUT2D eigenvalue weighted by Gasteiger charge is 2.22. The van der Waals surface area contributed by atoms with Gasteiger partial charge < -0.3 is 4.74 Å². The SMILES string of the molecule is N#CCC(COc1cccc(Cl)c1)N1CCCC1. The highest BCUT2D eigenvalue weighted by atomic mass is 35.5. The predicted molar refractivity (Wildman–Crippen MR) is 71.8 cm³/mol. The molecule has 0 bridgehead atoms. The molecule has 1 aliphatic heterocycles. The molecule has 0 amide bonds. The molecule has 4 heteroatoms. The number of ether oxygens (including phenoxy) is 1. The fraction of sp³-hybridized carbons (Fsp3) is 0.500. The second-order valence-electron chi connectivity index (χ2n) is 4.53. The number of hydrogen-bond acceptors (Lipinski definition) is 3. The van der Waals surface area contributed by atoms with E-state index in [1.807, 2.05) is 18.2 Å². The molecule has 96 valence electrons. The van der Waals surface area contributed by atoms with Gasteiger partial charge in [0.25, 0.3) is 0 Å². The number of nitriles is 1. The molecule has 0 aliphatic carbocycles. The lowest BCUT2D eigenvalue weighted by molar-refractivity contribution is 0.162. The van der Waals surface area contributed by atoms with E-state index in [0.717, 1.165) is 18.8 Å². The van der Waals surface area contributed by atoms with E-state index in [-0.39, 0.29) is 6.04 Å². The lowest BCUT2D eigenvalue weighted by atomic mass is 10.2. The molecular formula is C14H17ClN2O. The summed E-state index contributed by atoms with van der Waals surface area (Å²) < 4.78 is 5.74. The van der Waals surface area contributed by atoms with Crippen LogP contribution in [0.5, 0.6) is 5.75 Å². The summed E-state index contributed by atoms with van der Waals surface area (Å²) in [5.74, 6) is 0.768. The molecule has 1 aromatic rings. The summed E-state index contributed by atoms with van der Waals surface area (Å²) in [6, 6.07) is 9.81. The third-order valence-corrected chi connectivity index (χ3v) is 3.46. The molecule has 0 spiro atoms. The van der Waals surface area contributed by atoms with Crippen molar-refractivity contribution in [1.82, 2.24) is 4.90 Å². The van der Waals surface area contributed by atoms with Crippen LogP contribution in [0.15, 0.2) is 24.3 Å². The molecule has 3 nitrogen and oxygen atoms in total. The number of rotatable bonds is 5. The number of halogens is 1. The van der Waals surface area contributed by atoms with Gasteiger partial charge in [-0.25, -0.2) is 0 Å². The van der Waals surface area contributed by atoms with E-state index < -0.39 is 0 Å². The minimum absolute atomic E-state index is 0.191. The van der Waals surface area contributed by atoms with E-state index in [4.69, 9.17) is 21.6 Å². The Hall–Kier alpha value is -1.24. The first kappa shape index (κ1) is 13.2. The Morgan fingerprint density at radius 3 is 2.83 bits per heavy atom. The zero-order valence-electron chi connectivity index (χ0n) is 10.3. The van der Waals surface area contributed by atoms with Gasteiger partial charge >= 0.3 is 0 Å². The average Bonchev–Trinajstić information content (AvgIpc) is 2.88. The summed E-state index contributed by atoms with van der Waals surface area (Å²) in [5.41, 5.74) is 0. The van der Waals surface area contributed by atoms with Gasteiger partial charge in [0, 0.05) is 5.02 Å². The molecule has 0 saturated carbocycles. The van der Waals surface area contributed by atoms with Crippen molar-refractivity contribution in [2.24, 2.45) is 0 Å².